The van der Waals surface area contributed by atoms with Gasteiger partial charge in [0.25, 0.3) is 0 Å². The number of benzene rings is 1. The second-order valence-corrected chi connectivity index (χ2v) is 9.96. The molecule has 1 N–H and O–H groups in total. The van der Waals surface area contributed by atoms with Crippen molar-refractivity contribution >= 4 is 29.1 Å². The van der Waals surface area contributed by atoms with Gasteiger partial charge in [0.15, 0.2) is 0 Å². The Morgan fingerprint density at radius 3 is 2.40 bits per heavy atom. The molecule has 1 aromatic heterocycles. The van der Waals surface area contributed by atoms with Crippen molar-refractivity contribution in [3.05, 3.63) is 46.4 Å². The van der Waals surface area contributed by atoms with Crippen LogP contribution in [0.1, 0.15) is 45.2 Å². The average molecular weight is 379 g/mol. The molecule has 0 unspecified atom stereocenters. The van der Waals surface area contributed by atoms with Crippen LogP contribution in [-0.4, -0.2) is 21.3 Å². The fourth-order valence-corrected chi connectivity index (χ4v) is 3.64. The number of ether oxygens (including phenoxy) is 1. The van der Waals surface area contributed by atoms with Gasteiger partial charge in [0.2, 0.25) is 0 Å². The van der Waals surface area contributed by atoms with Gasteiger partial charge >= 0.3 is 5.97 Å². The molecule has 2 aromatic rings. The monoisotopic (exact) mass is 378 g/mol. The summed E-state index contributed by atoms with van der Waals surface area (Å²) in [7, 11) is 0. The Balaban J connectivity index is 1.87. The molecule has 0 aliphatic heterocycles. The van der Waals surface area contributed by atoms with E-state index in [9.17, 15) is 4.79 Å². The van der Waals surface area contributed by atoms with Crippen molar-refractivity contribution in [1.29, 1.82) is 0 Å². The molecule has 6 heteroatoms. The molecule has 25 heavy (non-hydrogen) atoms. The van der Waals surface area contributed by atoms with E-state index in [4.69, 9.17) is 4.74 Å². The molecule has 0 aliphatic rings. The maximum atomic E-state index is 12.3. The van der Waals surface area contributed by atoms with E-state index < -0.39 is 10.3 Å². The lowest BCUT2D eigenvalue weighted by Crippen LogP contribution is -2.36. The van der Waals surface area contributed by atoms with Crippen LogP contribution < -0.4 is 5.32 Å². The number of aromatic nitrogens is 1. The lowest BCUT2D eigenvalue weighted by Gasteiger charge is -2.28. The molecule has 1 heterocycles. The summed E-state index contributed by atoms with van der Waals surface area (Å²) in [6.45, 7) is 11.0. The SMILES string of the molecule is CC(C)(C)OC(=O)C(C)(C)Sc1ccc(CNCc2nccs2)cc1. The van der Waals surface area contributed by atoms with Crippen LogP contribution in [0.3, 0.4) is 0 Å². The standard InChI is InChI=1S/C19H26N2O2S2/c1-18(2,3)23-17(22)19(4,5)25-15-8-6-14(7-9-15)12-20-13-16-21-10-11-24-16/h6-11,20H,12-13H2,1-5H3. The molecule has 0 bridgehead atoms. The second kappa shape index (κ2) is 8.34. The minimum Gasteiger partial charge on any atom is -0.459 e. The zero-order valence-electron chi connectivity index (χ0n) is 15.5. The molecule has 0 radical (unpaired) electrons. The smallest absolute Gasteiger partial charge is 0.322 e. The third-order valence-electron chi connectivity index (χ3n) is 3.28. The molecule has 0 fully saturated rings. The highest BCUT2D eigenvalue weighted by atomic mass is 32.2. The number of thiazole rings is 1. The van der Waals surface area contributed by atoms with Gasteiger partial charge in [0.05, 0.1) is 0 Å². The molecule has 0 aliphatic carbocycles. The minimum absolute atomic E-state index is 0.195. The van der Waals surface area contributed by atoms with Crippen LogP contribution >= 0.6 is 23.1 Å². The van der Waals surface area contributed by atoms with E-state index in [1.54, 1.807) is 11.3 Å². The normalized spacial score (nSPS) is 12.2. The molecule has 4 nitrogen and oxygen atoms in total. The first-order valence-corrected chi connectivity index (χ1v) is 9.96. The number of hydrogen-bond acceptors (Lipinski definition) is 6. The van der Waals surface area contributed by atoms with Gasteiger partial charge in [-0.25, -0.2) is 4.98 Å². The Hall–Kier alpha value is -1.37. The first-order valence-electron chi connectivity index (χ1n) is 8.26. The summed E-state index contributed by atoms with van der Waals surface area (Å²) in [4.78, 5) is 17.7. The Bertz CT molecular complexity index is 674. The van der Waals surface area contributed by atoms with Crippen molar-refractivity contribution in [2.45, 2.75) is 63.0 Å². The number of carbonyl (C=O) groups is 1. The van der Waals surface area contributed by atoms with Gasteiger partial charge in [-0.05, 0) is 52.3 Å². The van der Waals surface area contributed by atoms with Gasteiger partial charge < -0.3 is 10.1 Å². The highest BCUT2D eigenvalue weighted by Gasteiger charge is 2.33. The van der Waals surface area contributed by atoms with Crippen molar-refractivity contribution < 1.29 is 9.53 Å². The summed E-state index contributed by atoms with van der Waals surface area (Å²) >= 11 is 3.17. The van der Waals surface area contributed by atoms with Crippen LogP contribution in [0.15, 0.2) is 40.7 Å². The lowest BCUT2D eigenvalue weighted by molar-refractivity contribution is -0.156. The Morgan fingerprint density at radius 2 is 1.84 bits per heavy atom. The largest absolute Gasteiger partial charge is 0.459 e. The summed E-state index contributed by atoms with van der Waals surface area (Å²) in [5.41, 5.74) is 0.734. The number of nitrogens with zero attached hydrogens (tertiary/aromatic N) is 1. The third kappa shape index (κ3) is 6.80. The summed E-state index contributed by atoms with van der Waals surface area (Å²) in [6.07, 6.45) is 1.82. The van der Waals surface area contributed by atoms with Crippen LogP contribution in [0.4, 0.5) is 0 Å². The van der Waals surface area contributed by atoms with E-state index in [1.165, 1.54) is 17.3 Å². The lowest BCUT2D eigenvalue weighted by atomic mass is 10.1. The summed E-state index contributed by atoms with van der Waals surface area (Å²) in [5.74, 6) is -0.195. The fraction of sp³-hybridized carbons (Fsp3) is 0.474. The molecular weight excluding hydrogens is 352 g/mol. The zero-order chi connectivity index (χ0) is 18.5. The van der Waals surface area contributed by atoms with Crippen LogP contribution in [0.5, 0.6) is 0 Å². The minimum atomic E-state index is -0.627. The summed E-state index contributed by atoms with van der Waals surface area (Å²) < 4.78 is 4.89. The maximum Gasteiger partial charge on any atom is 0.322 e. The van der Waals surface area contributed by atoms with Crippen LogP contribution in [-0.2, 0) is 22.6 Å². The molecule has 0 saturated carbocycles. The Morgan fingerprint density at radius 1 is 1.16 bits per heavy atom. The van der Waals surface area contributed by atoms with Gasteiger partial charge in [-0.3, -0.25) is 4.79 Å². The number of rotatable bonds is 7. The van der Waals surface area contributed by atoms with Crippen molar-refractivity contribution in [2.24, 2.45) is 0 Å². The topological polar surface area (TPSA) is 51.2 Å². The fourth-order valence-electron chi connectivity index (χ4n) is 2.07. The Labute approximate surface area is 158 Å². The predicted octanol–water partition coefficient (Wildman–Crippen LogP) is 4.65. The van der Waals surface area contributed by atoms with E-state index in [0.29, 0.717) is 0 Å². The van der Waals surface area contributed by atoms with E-state index in [1.807, 2.05) is 46.2 Å². The number of thioether (sulfide) groups is 1. The highest BCUT2D eigenvalue weighted by molar-refractivity contribution is 8.01. The van der Waals surface area contributed by atoms with E-state index in [2.05, 4.69) is 34.6 Å². The second-order valence-electron chi connectivity index (χ2n) is 7.29. The predicted molar refractivity (Wildman–Crippen MR) is 105 cm³/mol. The first kappa shape index (κ1) is 19.9. The summed E-state index contributed by atoms with van der Waals surface area (Å²) in [5, 5.41) is 6.45. The van der Waals surface area contributed by atoms with Crippen molar-refractivity contribution in [1.82, 2.24) is 10.3 Å². The van der Waals surface area contributed by atoms with Crippen LogP contribution in [0, 0.1) is 0 Å². The van der Waals surface area contributed by atoms with Crippen molar-refractivity contribution in [3.8, 4) is 0 Å². The molecule has 0 saturated heterocycles. The van der Waals surface area contributed by atoms with Gasteiger partial charge in [-0.1, -0.05) is 12.1 Å². The molecule has 0 amide bonds. The molecule has 0 atom stereocenters. The quantitative estimate of drug-likeness (QED) is 0.562. The van der Waals surface area contributed by atoms with Crippen molar-refractivity contribution in [2.75, 3.05) is 0 Å². The van der Waals surface area contributed by atoms with E-state index in [0.717, 1.165) is 23.0 Å². The van der Waals surface area contributed by atoms with Gasteiger partial charge in [0.1, 0.15) is 15.4 Å². The molecule has 0 spiro atoms. The zero-order valence-corrected chi connectivity index (χ0v) is 17.1. The van der Waals surface area contributed by atoms with Gasteiger partial charge in [-0.15, -0.1) is 23.1 Å². The maximum absolute atomic E-state index is 12.3. The van der Waals surface area contributed by atoms with E-state index >= 15 is 0 Å². The Kier molecular flexibility index (Phi) is 6.65. The molecular formula is C19H26N2O2S2. The highest BCUT2D eigenvalue weighted by Crippen LogP contribution is 2.34. The van der Waals surface area contributed by atoms with Crippen LogP contribution in [0.25, 0.3) is 0 Å². The van der Waals surface area contributed by atoms with Crippen LogP contribution in [0.2, 0.25) is 0 Å². The van der Waals surface area contributed by atoms with Crippen molar-refractivity contribution in [3.63, 3.8) is 0 Å². The first-order chi connectivity index (χ1) is 11.7. The third-order valence-corrected chi connectivity index (χ3v) is 5.24. The van der Waals surface area contributed by atoms with Gasteiger partial charge in [0, 0.05) is 29.6 Å². The number of esters is 1. The molecule has 1 aromatic carbocycles. The number of carbonyl (C=O) groups excluding carboxylic acids is 1. The molecule has 2 rings (SSSR count). The molecule has 136 valence electrons. The number of nitrogens with one attached hydrogen (secondary N) is 1. The van der Waals surface area contributed by atoms with Gasteiger partial charge in [-0.2, -0.15) is 0 Å². The van der Waals surface area contributed by atoms with E-state index in [-0.39, 0.29) is 5.97 Å². The number of hydrogen-bond donors (Lipinski definition) is 1. The average Bonchev–Trinajstić information content (AvgIpc) is 3.00. The summed E-state index contributed by atoms with van der Waals surface area (Å²) in [6, 6.07) is 8.28.